The number of carboxylic acid groups (broad SMARTS) is 1. The van der Waals surface area contributed by atoms with Gasteiger partial charge in [-0.3, -0.25) is 14.5 Å². The van der Waals surface area contributed by atoms with Gasteiger partial charge in [0.25, 0.3) is 0 Å². The van der Waals surface area contributed by atoms with Gasteiger partial charge >= 0.3 is 5.97 Å². The van der Waals surface area contributed by atoms with Crippen LogP contribution in [0.2, 0.25) is 0 Å². The van der Waals surface area contributed by atoms with E-state index in [9.17, 15) is 23.1 Å². The average Bonchev–Trinajstić information content (AvgIpc) is 3.16. The lowest BCUT2D eigenvalue weighted by Gasteiger charge is -2.37. The lowest BCUT2D eigenvalue weighted by Crippen LogP contribution is -2.51. The first-order valence-corrected chi connectivity index (χ1v) is 12.5. The maximum absolute atomic E-state index is 13.2. The first-order chi connectivity index (χ1) is 13.4. The zero-order chi connectivity index (χ0) is 21.6. The van der Waals surface area contributed by atoms with Crippen molar-refractivity contribution in [2.24, 2.45) is 22.7 Å². The molecular formula is C21H36N2O5S. The highest BCUT2D eigenvalue weighted by atomic mass is 32.2. The maximum atomic E-state index is 13.2. The van der Waals surface area contributed by atoms with Gasteiger partial charge in [-0.25, -0.2) is 13.1 Å². The number of nitrogens with zero attached hydrogens (tertiary/aromatic N) is 1. The van der Waals surface area contributed by atoms with E-state index in [-0.39, 0.29) is 34.8 Å². The molecule has 1 aliphatic heterocycles. The number of fused-ring (bicyclic) bond motifs is 2. The second-order valence-corrected chi connectivity index (χ2v) is 12.1. The standard InChI is InChI=1S/C21H36N2O5S/c1-14(2)10-16(12-23-9-5-6-17(23)19(25)26)22-29(27,28)13-21-8-7-15(11-18(21)24)20(21,3)4/h14-17,22H,5-13H2,1-4H3,(H,25,26)/t15?,16-,17-,21?/m0/s1. The molecule has 1 heterocycles. The smallest absolute Gasteiger partial charge is 0.320 e. The van der Waals surface area contributed by atoms with Crippen molar-refractivity contribution < 1.29 is 23.1 Å². The molecule has 8 heteroatoms. The number of likely N-dealkylation sites (tertiary alicyclic amines) is 1. The molecule has 2 N–H and O–H groups in total. The van der Waals surface area contributed by atoms with Crippen LogP contribution in [0, 0.1) is 22.7 Å². The van der Waals surface area contributed by atoms with Gasteiger partial charge in [-0.2, -0.15) is 0 Å². The van der Waals surface area contributed by atoms with Gasteiger partial charge in [0.15, 0.2) is 0 Å². The third-order valence-electron chi connectivity index (χ3n) is 7.78. The number of rotatable bonds is 9. The lowest BCUT2D eigenvalue weighted by molar-refractivity contribution is -0.142. The number of aliphatic carboxylic acids is 1. The minimum absolute atomic E-state index is 0.0926. The van der Waals surface area contributed by atoms with E-state index in [0.717, 1.165) is 12.8 Å². The third-order valence-corrected chi connectivity index (χ3v) is 9.35. The fourth-order valence-electron chi connectivity index (χ4n) is 6.06. The van der Waals surface area contributed by atoms with Crippen LogP contribution in [-0.4, -0.2) is 61.1 Å². The fraction of sp³-hybridized carbons (Fsp3) is 0.905. The molecular weight excluding hydrogens is 392 g/mol. The van der Waals surface area contributed by atoms with Crippen LogP contribution in [0.3, 0.4) is 0 Å². The maximum Gasteiger partial charge on any atom is 0.320 e. The Hall–Kier alpha value is -0.990. The first kappa shape index (κ1) is 22.7. The molecule has 1 saturated heterocycles. The first-order valence-electron chi connectivity index (χ1n) is 10.9. The lowest BCUT2D eigenvalue weighted by atomic mass is 9.70. The van der Waals surface area contributed by atoms with E-state index >= 15 is 0 Å². The Kier molecular flexibility index (Phi) is 6.20. The van der Waals surface area contributed by atoms with Crippen molar-refractivity contribution in [2.45, 2.75) is 78.3 Å². The molecule has 3 aliphatic rings. The van der Waals surface area contributed by atoms with Gasteiger partial charge in [0, 0.05) is 24.4 Å². The number of carboxylic acids is 1. The molecule has 0 aromatic rings. The Morgan fingerprint density at radius 3 is 2.52 bits per heavy atom. The van der Waals surface area contributed by atoms with Gasteiger partial charge in [0.1, 0.15) is 11.8 Å². The third kappa shape index (κ3) is 4.26. The van der Waals surface area contributed by atoms with E-state index in [1.165, 1.54) is 0 Å². The number of nitrogens with one attached hydrogen (secondary N) is 1. The molecule has 4 atom stereocenters. The van der Waals surface area contributed by atoms with Crippen molar-refractivity contribution in [2.75, 3.05) is 18.8 Å². The Bertz CT molecular complexity index is 763. The molecule has 3 fully saturated rings. The fourth-order valence-corrected chi connectivity index (χ4v) is 8.15. The number of Topliss-reactive ketones (excluding diaryl/α,β-unsaturated/α-hetero) is 1. The zero-order valence-corrected chi connectivity index (χ0v) is 18.9. The summed E-state index contributed by atoms with van der Waals surface area (Å²) in [6, 6.07) is -0.896. The van der Waals surface area contributed by atoms with Crippen LogP contribution in [0.4, 0.5) is 0 Å². The predicted octanol–water partition coefficient (Wildman–Crippen LogP) is 2.26. The van der Waals surface area contributed by atoms with Crippen LogP contribution in [-0.2, 0) is 19.6 Å². The van der Waals surface area contributed by atoms with Crippen LogP contribution in [0.5, 0.6) is 0 Å². The second-order valence-electron chi connectivity index (χ2n) is 10.4. The minimum Gasteiger partial charge on any atom is -0.480 e. The molecule has 2 aliphatic carbocycles. The topological polar surface area (TPSA) is 104 Å². The van der Waals surface area contributed by atoms with Crippen LogP contribution >= 0.6 is 0 Å². The van der Waals surface area contributed by atoms with E-state index in [1.54, 1.807) is 0 Å². The van der Waals surface area contributed by atoms with Crippen molar-refractivity contribution >= 4 is 21.8 Å². The van der Waals surface area contributed by atoms with Gasteiger partial charge in [-0.05, 0) is 55.9 Å². The second kappa shape index (κ2) is 7.93. The van der Waals surface area contributed by atoms with Gasteiger partial charge in [0.2, 0.25) is 10.0 Å². The summed E-state index contributed by atoms with van der Waals surface area (Å²) in [5.41, 5.74) is -1.08. The van der Waals surface area contributed by atoms with Crippen LogP contribution in [0.1, 0.15) is 66.2 Å². The molecule has 7 nitrogen and oxygen atoms in total. The van der Waals surface area contributed by atoms with Gasteiger partial charge in [-0.1, -0.05) is 27.7 Å². The van der Waals surface area contributed by atoms with Crippen molar-refractivity contribution in [1.29, 1.82) is 0 Å². The summed E-state index contributed by atoms with van der Waals surface area (Å²) >= 11 is 0. The highest BCUT2D eigenvalue weighted by Crippen LogP contribution is 2.64. The molecule has 2 unspecified atom stereocenters. The van der Waals surface area contributed by atoms with E-state index in [1.807, 2.05) is 32.6 Å². The highest BCUT2D eigenvalue weighted by Gasteiger charge is 2.65. The molecule has 0 amide bonds. The molecule has 3 rings (SSSR count). The molecule has 0 spiro atoms. The minimum atomic E-state index is -3.68. The summed E-state index contributed by atoms with van der Waals surface area (Å²) in [6.45, 7) is 9.20. The monoisotopic (exact) mass is 428 g/mol. The number of carbonyl (C=O) groups is 2. The SMILES string of the molecule is CC(C)C[C@@H](CN1CCC[C@H]1C(=O)O)NS(=O)(=O)CC12CCC(CC1=O)C2(C)C. The van der Waals surface area contributed by atoms with Crippen molar-refractivity contribution in [3.8, 4) is 0 Å². The molecule has 2 saturated carbocycles. The molecule has 0 radical (unpaired) electrons. The summed E-state index contributed by atoms with van der Waals surface area (Å²) in [5.74, 6) is -0.359. The Morgan fingerprint density at radius 2 is 2.00 bits per heavy atom. The molecule has 166 valence electrons. The average molecular weight is 429 g/mol. The summed E-state index contributed by atoms with van der Waals surface area (Å²) in [6.07, 6.45) is 4.10. The number of ketones is 1. The highest BCUT2D eigenvalue weighted by molar-refractivity contribution is 7.89. The number of hydrogen-bond acceptors (Lipinski definition) is 5. The van der Waals surface area contributed by atoms with Crippen molar-refractivity contribution in [3.05, 3.63) is 0 Å². The molecule has 29 heavy (non-hydrogen) atoms. The van der Waals surface area contributed by atoms with Gasteiger partial charge < -0.3 is 5.11 Å². The van der Waals surface area contributed by atoms with Crippen LogP contribution in [0.15, 0.2) is 0 Å². The molecule has 2 bridgehead atoms. The summed E-state index contributed by atoms with van der Waals surface area (Å²) in [7, 11) is -3.68. The van der Waals surface area contributed by atoms with Crippen LogP contribution in [0.25, 0.3) is 0 Å². The molecule has 0 aromatic heterocycles. The Labute approximate surface area is 174 Å². The quantitative estimate of drug-likeness (QED) is 0.584. The van der Waals surface area contributed by atoms with Gasteiger partial charge in [0.05, 0.1) is 5.75 Å². The van der Waals surface area contributed by atoms with Gasteiger partial charge in [-0.15, -0.1) is 0 Å². The predicted molar refractivity (Wildman–Crippen MR) is 111 cm³/mol. The van der Waals surface area contributed by atoms with E-state index in [4.69, 9.17) is 0 Å². The van der Waals surface area contributed by atoms with E-state index in [0.29, 0.717) is 38.8 Å². The van der Waals surface area contributed by atoms with Crippen molar-refractivity contribution in [3.63, 3.8) is 0 Å². The summed E-state index contributed by atoms with van der Waals surface area (Å²) < 4.78 is 29.2. The van der Waals surface area contributed by atoms with Crippen LogP contribution < -0.4 is 4.72 Å². The number of sulfonamides is 1. The van der Waals surface area contributed by atoms with E-state index in [2.05, 4.69) is 4.72 Å². The molecule has 0 aromatic carbocycles. The zero-order valence-electron chi connectivity index (χ0n) is 18.1. The Balaban J connectivity index is 1.75. The number of hydrogen-bond donors (Lipinski definition) is 2. The van der Waals surface area contributed by atoms with Crippen molar-refractivity contribution in [1.82, 2.24) is 9.62 Å². The summed E-state index contributed by atoms with van der Waals surface area (Å²) in [4.78, 5) is 26.1. The summed E-state index contributed by atoms with van der Waals surface area (Å²) in [5, 5.41) is 9.44. The Morgan fingerprint density at radius 1 is 1.31 bits per heavy atom. The normalized spacial score (nSPS) is 32.9. The largest absolute Gasteiger partial charge is 0.480 e. The number of carbonyl (C=O) groups excluding carboxylic acids is 1. The van der Waals surface area contributed by atoms with E-state index < -0.39 is 27.4 Å².